The Morgan fingerprint density at radius 1 is 1.50 bits per heavy atom. The zero-order valence-corrected chi connectivity index (χ0v) is 9.46. The van der Waals surface area contributed by atoms with Crippen molar-refractivity contribution in [2.45, 2.75) is 26.2 Å². The van der Waals surface area contributed by atoms with Gasteiger partial charge in [-0.3, -0.25) is 0 Å². The van der Waals surface area contributed by atoms with Crippen molar-refractivity contribution in [1.82, 2.24) is 4.31 Å². The average molecular weight is 221 g/mol. The second kappa shape index (κ2) is 5.09. The van der Waals surface area contributed by atoms with E-state index >= 15 is 0 Å². The van der Waals surface area contributed by atoms with Crippen LogP contribution in [0, 0.1) is 5.92 Å². The highest BCUT2D eigenvalue weighted by Crippen LogP contribution is 2.22. The molecule has 0 aromatic heterocycles. The summed E-state index contributed by atoms with van der Waals surface area (Å²) in [4.78, 5) is 0. The SMILES string of the molecule is CCCS(=O)(=O)N1CCC(CCO)C1. The van der Waals surface area contributed by atoms with Gasteiger partial charge in [0.15, 0.2) is 0 Å². The normalized spacial score (nSPS) is 24.3. The van der Waals surface area contributed by atoms with Crippen molar-refractivity contribution < 1.29 is 13.5 Å². The molecule has 1 aliphatic rings. The molecular formula is C9H19NO3S. The Kier molecular flexibility index (Phi) is 4.34. The van der Waals surface area contributed by atoms with E-state index in [2.05, 4.69) is 0 Å². The molecule has 14 heavy (non-hydrogen) atoms. The molecule has 0 amide bonds. The largest absolute Gasteiger partial charge is 0.396 e. The van der Waals surface area contributed by atoms with Crippen molar-refractivity contribution in [3.63, 3.8) is 0 Å². The lowest BCUT2D eigenvalue weighted by Crippen LogP contribution is -2.30. The number of rotatable bonds is 5. The Morgan fingerprint density at radius 3 is 2.79 bits per heavy atom. The van der Waals surface area contributed by atoms with Gasteiger partial charge in [0.25, 0.3) is 0 Å². The first kappa shape index (κ1) is 11.9. The number of hydrogen-bond donors (Lipinski definition) is 1. The van der Waals surface area contributed by atoms with Crippen LogP contribution in [0.25, 0.3) is 0 Å². The second-order valence-corrected chi connectivity index (χ2v) is 5.93. The first-order valence-electron chi connectivity index (χ1n) is 5.19. The first-order valence-corrected chi connectivity index (χ1v) is 6.79. The number of hydrogen-bond acceptors (Lipinski definition) is 3. The molecule has 1 saturated heterocycles. The molecule has 4 nitrogen and oxygen atoms in total. The third-order valence-electron chi connectivity index (χ3n) is 2.64. The van der Waals surface area contributed by atoms with Gasteiger partial charge in [-0.1, -0.05) is 6.92 Å². The number of aliphatic hydroxyl groups is 1. The van der Waals surface area contributed by atoms with E-state index in [0.29, 0.717) is 25.4 Å². The van der Waals surface area contributed by atoms with E-state index in [1.807, 2.05) is 6.92 Å². The van der Waals surface area contributed by atoms with Gasteiger partial charge in [0.2, 0.25) is 10.0 Å². The van der Waals surface area contributed by atoms with Gasteiger partial charge < -0.3 is 5.11 Å². The van der Waals surface area contributed by atoms with Crippen LogP contribution >= 0.6 is 0 Å². The number of sulfonamides is 1. The van der Waals surface area contributed by atoms with Crippen molar-refractivity contribution in [2.24, 2.45) is 5.92 Å². The smallest absolute Gasteiger partial charge is 0.214 e. The van der Waals surface area contributed by atoms with Crippen LogP contribution in [0.4, 0.5) is 0 Å². The topological polar surface area (TPSA) is 57.6 Å². The van der Waals surface area contributed by atoms with E-state index in [0.717, 1.165) is 12.8 Å². The molecule has 1 rings (SSSR count). The lowest BCUT2D eigenvalue weighted by Gasteiger charge is -2.15. The Hall–Kier alpha value is -0.130. The van der Waals surface area contributed by atoms with Crippen LogP contribution < -0.4 is 0 Å². The van der Waals surface area contributed by atoms with Crippen molar-refractivity contribution in [3.05, 3.63) is 0 Å². The quantitative estimate of drug-likeness (QED) is 0.732. The summed E-state index contributed by atoms with van der Waals surface area (Å²) in [6.45, 7) is 3.26. The van der Waals surface area contributed by atoms with Crippen molar-refractivity contribution in [3.8, 4) is 0 Å². The molecule has 0 bridgehead atoms. The van der Waals surface area contributed by atoms with E-state index in [9.17, 15) is 8.42 Å². The van der Waals surface area contributed by atoms with Gasteiger partial charge in [-0.05, 0) is 25.2 Å². The van der Waals surface area contributed by atoms with E-state index in [4.69, 9.17) is 5.11 Å². The van der Waals surface area contributed by atoms with E-state index in [1.165, 1.54) is 0 Å². The molecule has 0 aromatic rings. The molecule has 0 spiro atoms. The summed E-state index contributed by atoms with van der Waals surface area (Å²) in [5.74, 6) is 0.602. The maximum Gasteiger partial charge on any atom is 0.214 e. The van der Waals surface area contributed by atoms with Gasteiger partial charge >= 0.3 is 0 Å². The molecule has 1 atom stereocenters. The van der Waals surface area contributed by atoms with Crippen LogP contribution in [-0.2, 0) is 10.0 Å². The third-order valence-corrected chi connectivity index (χ3v) is 4.68. The third kappa shape index (κ3) is 2.93. The van der Waals surface area contributed by atoms with Crippen molar-refractivity contribution >= 4 is 10.0 Å². The molecule has 1 heterocycles. The van der Waals surface area contributed by atoms with Gasteiger partial charge in [0.05, 0.1) is 5.75 Å². The second-order valence-electron chi connectivity index (χ2n) is 3.84. The van der Waals surface area contributed by atoms with Crippen molar-refractivity contribution in [2.75, 3.05) is 25.4 Å². The Balaban J connectivity index is 2.49. The van der Waals surface area contributed by atoms with Crippen LogP contribution in [0.1, 0.15) is 26.2 Å². The highest BCUT2D eigenvalue weighted by molar-refractivity contribution is 7.89. The van der Waals surface area contributed by atoms with E-state index in [-0.39, 0.29) is 12.4 Å². The molecule has 1 N–H and O–H groups in total. The highest BCUT2D eigenvalue weighted by Gasteiger charge is 2.29. The molecule has 84 valence electrons. The van der Waals surface area contributed by atoms with Crippen LogP contribution in [0.5, 0.6) is 0 Å². The van der Waals surface area contributed by atoms with E-state index < -0.39 is 10.0 Å². The molecule has 1 fully saturated rings. The van der Waals surface area contributed by atoms with Crippen LogP contribution in [0.15, 0.2) is 0 Å². The summed E-state index contributed by atoms with van der Waals surface area (Å²) in [6, 6.07) is 0. The van der Waals surface area contributed by atoms with Gasteiger partial charge in [0, 0.05) is 19.7 Å². The zero-order valence-electron chi connectivity index (χ0n) is 8.65. The van der Waals surface area contributed by atoms with Gasteiger partial charge in [-0.2, -0.15) is 0 Å². The summed E-state index contributed by atoms with van der Waals surface area (Å²) in [5.41, 5.74) is 0. The molecule has 5 heteroatoms. The fourth-order valence-electron chi connectivity index (χ4n) is 1.86. The highest BCUT2D eigenvalue weighted by atomic mass is 32.2. The predicted molar refractivity (Wildman–Crippen MR) is 55.5 cm³/mol. The maximum atomic E-state index is 11.6. The van der Waals surface area contributed by atoms with Crippen LogP contribution in [0.2, 0.25) is 0 Å². The zero-order chi connectivity index (χ0) is 10.6. The molecule has 0 radical (unpaired) electrons. The molecule has 0 aliphatic carbocycles. The molecule has 1 unspecified atom stereocenters. The Labute approximate surface area is 86.0 Å². The maximum absolute atomic E-state index is 11.6. The molecule has 0 saturated carbocycles. The minimum Gasteiger partial charge on any atom is -0.396 e. The summed E-state index contributed by atoms with van der Waals surface area (Å²) in [5, 5.41) is 8.75. The van der Waals surface area contributed by atoms with Crippen LogP contribution in [-0.4, -0.2) is 43.3 Å². The molecule has 1 aliphatic heterocycles. The molecule has 0 aromatic carbocycles. The predicted octanol–water partition coefficient (Wildman–Crippen LogP) is 0.430. The summed E-state index contributed by atoms with van der Waals surface area (Å²) in [6.07, 6.45) is 2.28. The monoisotopic (exact) mass is 221 g/mol. The summed E-state index contributed by atoms with van der Waals surface area (Å²) >= 11 is 0. The lowest BCUT2D eigenvalue weighted by atomic mass is 10.1. The minimum absolute atomic E-state index is 0.159. The van der Waals surface area contributed by atoms with Gasteiger partial charge in [-0.15, -0.1) is 0 Å². The fourth-order valence-corrected chi connectivity index (χ4v) is 3.45. The Bertz CT molecular complexity index is 263. The summed E-state index contributed by atoms with van der Waals surface area (Å²) < 4.78 is 24.9. The number of aliphatic hydroxyl groups excluding tert-OH is 1. The van der Waals surface area contributed by atoms with E-state index in [1.54, 1.807) is 4.31 Å². The van der Waals surface area contributed by atoms with Crippen LogP contribution in [0.3, 0.4) is 0 Å². The number of nitrogens with zero attached hydrogens (tertiary/aromatic N) is 1. The minimum atomic E-state index is -3.01. The first-order chi connectivity index (χ1) is 6.60. The lowest BCUT2D eigenvalue weighted by molar-refractivity contribution is 0.259. The Morgan fingerprint density at radius 2 is 2.21 bits per heavy atom. The molecular weight excluding hydrogens is 202 g/mol. The van der Waals surface area contributed by atoms with Gasteiger partial charge in [-0.25, -0.2) is 12.7 Å². The van der Waals surface area contributed by atoms with Gasteiger partial charge in [0.1, 0.15) is 0 Å². The van der Waals surface area contributed by atoms with Crippen molar-refractivity contribution in [1.29, 1.82) is 0 Å². The fraction of sp³-hybridized carbons (Fsp3) is 1.00. The average Bonchev–Trinajstić information content (AvgIpc) is 2.54. The standard InChI is InChI=1S/C9H19NO3S/c1-2-7-14(12,13)10-5-3-9(8-10)4-6-11/h9,11H,2-8H2,1H3. The summed E-state index contributed by atoms with van der Waals surface area (Å²) in [7, 11) is -3.01.